The normalized spacial score (nSPS) is 15.8. The molecule has 0 aliphatic carbocycles. The summed E-state index contributed by atoms with van der Waals surface area (Å²) in [4.78, 5) is 0. The first kappa shape index (κ1) is 14.0. The molecule has 0 bridgehead atoms. The lowest BCUT2D eigenvalue weighted by molar-refractivity contribution is 0.584. The molecule has 2 atom stereocenters. The molecule has 0 aromatic heterocycles. The van der Waals surface area contributed by atoms with Crippen molar-refractivity contribution < 1.29 is 8.42 Å². The van der Waals surface area contributed by atoms with Crippen LogP contribution in [0.5, 0.6) is 0 Å². The van der Waals surface area contributed by atoms with Crippen LogP contribution in [0.4, 0.5) is 0 Å². The van der Waals surface area contributed by atoms with Crippen LogP contribution in [0.3, 0.4) is 0 Å². The van der Waals surface area contributed by atoms with Gasteiger partial charge in [-0.3, -0.25) is 0 Å². The van der Waals surface area contributed by atoms with E-state index in [2.05, 4.69) is 15.9 Å². The molecule has 0 radical (unpaired) electrons. The lowest BCUT2D eigenvalue weighted by Crippen LogP contribution is -2.28. The zero-order valence-corrected chi connectivity index (χ0v) is 12.3. The standard InChI is InChI=1S/C11H14BrClO2S/c1-8(16(2,14)15)11(13)7-9-4-3-5-10(12)6-9/h3-6,8,11H,7H2,1-2H3. The van der Waals surface area contributed by atoms with Crippen LogP contribution in [0.15, 0.2) is 28.7 Å². The van der Waals surface area contributed by atoms with Gasteiger partial charge in [-0.1, -0.05) is 28.1 Å². The summed E-state index contributed by atoms with van der Waals surface area (Å²) in [6.07, 6.45) is 1.77. The molecule has 0 amide bonds. The summed E-state index contributed by atoms with van der Waals surface area (Å²) in [5.74, 6) is 0. The Labute approximate surface area is 110 Å². The zero-order chi connectivity index (χ0) is 12.3. The quantitative estimate of drug-likeness (QED) is 0.797. The third-order valence-corrected chi connectivity index (χ3v) is 5.36. The van der Waals surface area contributed by atoms with Gasteiger partial charge in [0.25, 0.3) is 0 Å². The topological polar surface area (TPSA) is 34.1 Å². The monoisotopic (exact) mass is 324 g/mol. The van der Waals surface area contributed by atoms with Crippen molar-refractivity contribution in [1.82, 2.24) is 0 Å². The fourth-order valence-corrected chi connectivity index (χ4v) is 3.14. The molecule has 1 aromatic rings. The van der Waals surface area contributed by atoms with Gasteiger partial charge in [-0.25, -0.2) is 8.42 Å². The molecule has 2 unspecified atom stereocenters. The molecule has 0 heterocycles. The Morgan fingerprint density at radius 1 is 1.44 bits per heavy atom. The highest BCUT2D eigenvalue weighted by atomic mass is 79.9. The van der Waals surface area contributed by atoms with Crippen molar-refractivity contribution in [2.24, 2.45) is 0 Å². The molecular formula is C11H14BrClO2S. The van der Waals surface area contributed by atoms with Crippen molar-refractivity contribution in [1.29, 1.82) is 0 Å². The molecule has 0 saturated heterocycles. The number of alkyl halides is 1. The van der Waals surface area contributed by atoms with Crippen LogP contribution < -0.4 is 0 Å². The first-order valence-electron chi connectivity index (χ1n) is 4.88. The second kappa shape index (κ2) is 5.52. The lowest BCUT2D eigenvalue weighted by atomic mass is 10.1. The maximum absolute atomic E-state index is 11.3. The van der Waals surface area contributed by atoms with Crippen molar-refractivity contribution in [2.45, 2.75) is 24.0 Å². The Bertz CT molecular complexity index is 459. The van der Waals surface area contributed by atoms with E-state index >= 15 is 0 Å². The number of rotatable bonds is 4. The van der Waals surface area contributed by atoms with Gasteiger partial charge in [0.1, 0.15) is 0 Å². The summed E-state index contributed by atoms with van der Waals surface area (Å²) in [6.45, 7) is 1.64. The van der Waals surface area contributed by atoms with E-state index in [1.807, 2.05) is 24.3 Å². The summed E-state index contributed by atoms with van der Waals surface area (Å²) in [7, 11) is -3.08. The molecule has 0 aliphatic rings. The van der Waals surface area contributed by atoms with Crippen LogP contribution in [0.2, 0.25) is 0 Å². The predicted octanol–water partition coefficient (Wildman–Crippen LogP) is 3.03. The van der Waals surface area contributed by atoms with E-state index in [0.717, 1.165) is 10.0 Å². The lowest BCUT2D eigenvalue weighted by Gasteiger charge is -2.16. The van der Waals surface area contributed by atoms with Crippen LogP contribution in [0.1, 0.15) is 12.5 Å². The van der Waals surface area contributed by atoms with Crippen molar-refractivity contribution in [3.63, 3.8) is 0 Å². The fraction of sp³-hybridized carbons (Fsp3) is 0.455. The molecule has 2 nitrogen and oxygen atoms in total. The second-order valence-electron chi connectivity index (χ2n) is 3.88. The molecule has 0 fully saturated rings. The maximum atomic E-state index is 11.3. The molecule has 90 valence electrons. The van der Waals surface area contributed by atoms with Crippen molar-refractivity contribution in [3.8, 4) is 0 Å². The second-order valence-corrected chi connectivity index (χ2v) is 7.76. The van der Waals surface area contributed by atoms with Crippen molar-refractivity contribution in [2.75, 3.05) is 6.26 Å². The van der Waals surface area contributed by atoms with E-state index in [-0.39, 0.29) is 0 Å². The van der Waals surface area contributed by atoms with Gasteiger partial charge in [0, 0.05) is 10.7 Å². The molecule has 0 spiro atoms. The Kier molecular flexibility index (Phi) is 4.83. The van der Waals surface area contributed by atoms with Gasteiger partial charge in [-0.15, -0.1) is 11.6 Å². The molecule has 5 heteroatoms. The summed E-state index contributed by atoms with van der Waals surface area (Å²) in [5, 5.41) is -0.933. The van der Waals surface area contributed by atoms with E-state index in [4.69, 9.17) is 11.6 Å². The average molecular weight is 326 g/mol. The summed E-state index contributed by atoms with van der Waals surface area (Å²) >= 11 is 9.48. The minimum atomic E-state index is -3.08. The third-order valence-electron chi connectivity index (χ3n) is 2.50. The van der Waals surface area contributed by atoms with Crippen LogP contribution in [0, 0.1) is 0 Å². The van der Waals surface area contributed by atoms with Crippen LogP contribution in [-0.2, 0) is 16.3 Å². The average Bonchev–Trinajstić information content (AvgIpc) is 2.15. The van der Waals surface area contributed by atoms with Crippen LogP contribution >= 0.6 is 27.5 Å². The number of hydrogen-bond acceptors (Lipinski definition) is 2. The van der Waals surface area contributed by atoms with E-state index in [9.17, 15) is 8.42 Å². The number of hydrogen-bond donors (Lipinski definition) is 0. The molecule has 1 rings (SSSR count). The fourth-order valence-electron chi connectivity index (χ4n) is 1.32. The molecule has 1 aromatic carbocycles. The number of halogens is 2. The first-order valence-corrected chi connectivity index (χ1v) is 8.06. The van der Waals surface area contributed by atoms with Gasteiger partial charge >= 0.3 is 0 Å². The summed E-state index contributed by atoms with van der Waals surface area (Å²) in [6, 6.07) is 7.72. The molecule has 0 saturated carbocycles. The van der Waals surface area contributed by atoms with E-state index in [1.54, 1.807) is 6.92 Å². The predicted molar refractivity (Wildman–Crippen MR) is 71.8 cm³/mol. The van der Waals surface area contributed by atoms with Gasteiger partial charge in [0.2, 0.25) is 0 Å². The Hall–Kier alpha value is -0.0600. The molecule has 0 aliphatic heterocycles. The summed E-state index contributed by atoms with van der Waals surface area (Å²) in [5.41, 5.74) is 1.03. The van der Waals surface area contributed by atoms with E-state index in [1.165, 1.54) is 6.26 Å². The highest BCUT2D eigenvalue weighted by Crippen LogP contribution is 2.19. The Balaban J connectivity index is 2.75. The highest BCUT2D eigenvalue weighted by molar-refractivity contribution is 9.10. The van der Waals surface area contributed by atoms with Gasteiger partial charge in [0.05, 0.1) is 10.6 Å². The first-order chi connectivity index (χ1) is 7.30. The van der Waals surface area contributed by atoms with Gasteiger partial charge in [-0.2, -0.15) is 0 Å². The van der Waals surface area contributed by atoms with Crippen molar-refractivity contribution in [3.05, 3.63) is 34.3 Å². The van der Waals surface area contributed by atoms with Gasteiger partial charge in [0.15, 0.2) is 9.84 Å². The molecular weight excluding hydrogens is 312 g/mol. The zero-order valence-electron chi connectivity index (χ0n) is 9.15. The summed E-state index contributed by atoms with van der Waals surface area (Å²) < 4.78 is 23.6. The van der Waals surface area contributed by atoms with Gasteiger partial charge < -0.3 is 0 Å². The Morgan fingerprint density at radius 3 is 2.56 bits per heavy atom. The van der Waals surface area contributed by atoms with Crippen LogP contribution in [-0.4, -0.2) is 25.3 Å². The number of sulfone groups is 1. The van der Waals surface area contributed by atoms with Crippen LogP contribution in [0.25, 0.3) is 0 Å². The SMILES string of the molecule is CC(C(Cl)Cc1cccc(Br)c1)S(C)(=O)=O. The smallest absolute Gasteiger partial charge is 0.151 e. The minimum Gasteiger partial charge on any atom is -0.229 e. The minimum absolute atomic E-state index is 0.399. The molecule has 16 heavy (non-hydrogen) atoms. The Morgan fingerprint density at radius 2 is 2.06 bits per heavy atom. The van der Waals surface area contributed by atoms with E-state index in [0.29, 0.717) is 6.42 Å². The van der Waals surface area contributed by atoms with Gasteiger partial charge in [-0.05, 0) is 31.0 Å². The highest BCUT2D eigenvalue weighted by Gasteiger charge is 2.24. The number of benzene rings is 1. The third kappa shape index (κ3) is 4.07. The van der Waals surface area contributed by atoms with E-state index < -0.39 is 20.5 Å². The largest absolute Gasteiger partial charge is 0.229 e. The maximum Gasteiger partial charge on any atom is 0.151 e. The molecule has 0 N–H and O–H groups in total. The van der Waals surface area contributed by atoms with Crippen molar-refractivity contribution >= 4 is 37.4 Å².